The summed E-state index contributed by atoms with van der Waals surface area (Å²) in [6.07, 6.45) is 11.4. The summed E-state index contributed by atoms with van der Waals surface area (Å²) in [5.41, 5.74) is 1.06. The van der Waals surface area contributed by atoms with Gasteiger partial charge in [0, 0.05) is 44.6 Å². The Morgan fingerprint density at radius 1 is 0.946 bits per heavy atom. The van der Waals surface area contributed by atoms with Gasteiger partial charge in [0.25, 0.3) is 0 Å². The van der Waals surface area contributed by atoms with Crippen molar-refractivity contribution >= 4 is 29.5 Å². The first-order valence-corrected chi connectivity index (χ1v) is 14.4. The van der Waals surface area contributed by atoms with Crippen LogP contribution in [0.15, 0.2) is 54.6 Å². The van der Waals surface area contributed by atoms with Crippen molar-refractivity contribution in [2.75, 3.05) is 32.8 Å². The molecule has 0 bridgehead atoms. The van der Waals surface area contributed by atoms with E-state index in [1.165, 1.54) is 0 Å². The Balaban J connectivity index is 1.50. The molecule has 8 heteroatoms. The lowest BCUT2D eigenvalue weighted by atomic mass is 9.78. The van der Waals surface area contributed by atoms with E-state index in [0.29, 0.717) is 45.6 Å². The molecule has 0 aliphatic carbocycles. The van der Waals surface area contributed by atoms with Crippen LogP contribution < -0.4 is 0 Å². The summed E-state index contributed by atoms with van der Waals surface area (Å²) in [7, 11) is 0. The second-order valence-corrected chi connectivity index (χ2v) is 12.0. The standard InChI is InChI=1S/C29H37N3O4S/c1-2-3-15-30-17-10-14-29-24(27(35)32(18-7-8-19-33)25(29)28(30)36)23-22(37-29)13-9-16-31(26(23)34)20-21-11-5-4-6-12-21/h4-6,9-14,22-25,33H,2-3,7-8,15-20H2,1H3/t22-,23+,24-,25?,29-/m0/s1. The van der Waals surface area contributed by atoms with Gasteiger partial charge in [-0.05, 0) is 24.8 Å². The summed E-state index contributed by atoms with van der Waals surface area (Å²) in [6, 6.07) is 9.31. The van der Waals surface area contributed by atoms with Gasteiger partial charge in [-0.25, -0.2) is 0 Å². The number of hydrogen-bond acceptors (Lipinski definition) is 5. The summed E-state index contributed by atoms with van der Waals surface area (Å²) in [5, 5.41) is 9.20. The smallest absolute Gasteiger partial charge is 0.247 e. The molecule has 198 valence electrons. The molecule has 0 saturated carbocycles. The second kappa shape index (κ2) is 11.0. The number of fused-ring (bicyclic) bond motifs is 2. The molecule has 4 aliphatic heterocycles. The highest BCUT2D eigenvalue weighted by molar-refractivity contribution is 8.02. The maximum atomic E-state index is 14.1. The van der Waals surface area contributed by atoms with E-state index in [-0.39, 0.29) is 29.6 Å². The number of carbonyl (C=O) groups is 3. The predicted octanol–water partition coefficient (Wildman–Crippen LogP) is 2.85. The molecule has 1 unspecified atom stereocenters. The van der Waals surface area contributed by atoms with Crippen molar-refractivity contribution in [3.8, 4) is 0 Å². The van der Waals surface area contributed by atoms with Crippen molar-refractivity contribution in [1.29, 1.82) is 0 Å². The first kappa shape index (κ1) is 26.0. The number of amides is 3. The lowest BCUT2D eigenvalue weighted by Gasteiger charge is -2.35. The van der Waals surface area contributed by atoms with Crippen LogP contribution in [0.5, 0.6) is 0 Å². The van der Waals surface area contributed by atoms with E-state index in [9.17, 15) is 19.5 Å². The van der Waals surface area contributed by atoms with E-state index in [1.807, 2.05) is 52.3 Å². The van der Waals surface area contributed by atoms with Crippen LogP contribution in [0.3, 0.4) is 0 Å². The number of benzene rings is 1. The van der Waals surface area contributed by atoms with Crippen molar-refractivity contribution in [3.63, 3.8) is 0 Å². The SMILES string of the molecule is CCCCN1CC=C[C@]23S[C@H]4C=CCN(Cc5ccccc5)C(=O)[C@H]4[C@H]2C(=O)N(CCCCO)C3C1=O. The second-order valence-electron chi connectivity index (χ2n) is 10.5. The number of nitrogens with zero attached hydrogens (tertiary/aromatic N) is 3. The summed E-state index contributed by atoms with van der Waals surface area (Å²) in [5.74, 6) is -1.21. The monoisotopic (exact) mass is 523 g/mol. The lowest BCUT2D eigenvalue weighted by molar-refractivity contribution is -0.144. The first-order valence-electron chi connectivity index (χ1n) is 13.6. The van der Waals surface area contributed by atoms with Gasteiger partial charge in [0.15, 0.2) is 0 Å². The van der Waals surface area contributed by atoms with Crippen molar-refractivity contribution < 1.29 is 19.5 Å². The molecule has 2 saturated heterocycles. The van der Waals surface area contributed by atoms with Crippen LogP contribution in [0.25, 0.3) is 0 Å². The van der Waals surface area contributed by atoms with Gasteiger partial charge in [-0.2, -0.15) is 0 Å². The van der Waals surface area contributed by atoms with Crippen LogP contribution in [0.1, 0.15) is 38.2 Å². The normalized spacial score (nSPS) is 30.9. The molecule has 0 radical (unpaired) electrons. The molecule has 2 fully saturated rings. The molecule has 4 heterocycles. The van der Waals surface area contributed by atoms with Crippen molar-refractivity contribution in [2.24, 2.45) is 11.8 Å². The molecule has 4 aliphatic rings. The third-order valence-corrected chi connectivity index (χ3v) is 9.87. The third kappa shape index (κ3) is 4.63. The van der Waals surface area contributed by atoms with Crippen LogP contribution in [0, 0.1) is 11.8 Å². The number of rotatable bonds is 9. The number of unbranched alkanes of at least 4 members (excludes halogenated alkanes) is 2. The fraction of sp³-hybridized carbons (Fsp3) is 0.552. The van der Waals surface area contributed by atoms with Gasteiger partial charge >= 0.3 is 0 Å². The maximum absolute atomic E-state index is 14.1. The van der Waals surface area contributed by atoms with Gasteiger partial charge in [-0.15, -0.1) is 11.8 Å². The molecule has 5 rings (SSSR count). The van der Waals surface area contributed by atoms with Gasteiger partial charge in [-0.1, -0.05) is 68.0 Å². The molecule has 37 heavy (non-hydrogen) atoms. The molecule has 1 spiro atoms. The fourth-order valence-corrected chi connectivity index (χ4v) is 8.37. The number of thioether (sulfide) groups is 1. The van der Waals surface area contributed by atoms with Crippen LogP contribution in [0.4, 0.5) is 0 Å². The zero-order valence-electron chi connectivity index (χ0n) is 21.5. The van der Waals surface area contributed by atoms with Crippen LogP contribution in [-0.2, 0) is 20.9 Å². The molecule has 1 aromatic rings. The third-order valence-electron chi connectivity index (χ3n) is 8.13. The van der Waals surface area contributed by atoms with Gasteiger partial charge in [0.05, 0.1) is 16.6 Å². The molecular formula is C29H37N3O4S. The van der Waals surface area contributed by atoms with Crippen LogP contribution in [0.2, 0.25) is 0 Å². The predicted molar refractivity (Wildman–Crippen MR) is 145 cm³/mol. The number of hydrogen-bond donors (Lipinski definition) is 1. The average Bonchev–Trinajstić information content (AvgIpc) is 3.22. The zero-order chi connectivity index (χ0) is 26.0. The highest BCUT2D eigenvalue weighted by Gasteiger charge is 2.70. The van der Waals surface area contributed by atoms with Gasteiger partial charge in [-0.3, -0.25) is 14.4 Å². The Bertz CT molecular complexity index is 1080. The highest BCUT2D eigenvalue weighted by Crippen LogP contribution is 2.61. The molecular weight excluding hydrogens is 486 g/mol. The molecule has 1 N–H and O–H groups in total. The lowest BCUT2D eigenvalue weighted by Crippen LogP contribution is -2.53. The van der Waals surface area contributed by atoms with Gasteiger partial charge in [0.2, 0.25) is 17.7 Å². The fourth-order valence-electron chi connectivity index (χ4n) is 6.37. The van der Waals surface area contributed by atoms with E-state index >= 15 is 0 Å². The summed E-state index contributed by atoms with van der Waals surface area (Å²) < 4.78 is -0.764. The van der Waals surface area contributed by atoms with Gasteiger partial charge in [0.1, 0.15) is 6.04 Å². The molecule has 1 aromatic carbocycles. The minimum Gasteiger partial charge on any atom is -0.396 e. The van der Waals surface area contributed by atoms with E-state index in [0.717, 1.165) is 18.4 Å². The molecule has 3 amide bonds. The number of aliphatic hydroxyl groups is 1. The van der Waals surface area contributed by atoms with E-state index < -0.39 is 22.6 Å². The first-order chi connectivity index (χ1) is 18.0. The zero-order valence-corrected chi connectivity index (χ0v) is 22.3. The summed E-state index contributed by atoms with van der Waals surface area (Å²) in [4.78, 5) is 47.7. The van der Waals surface area contributed by atoms with Crippen molar-refractivity contribution in [2.45, 2.75) is 55.2 Å². The van der Waals surface area contributed by atoms with Crippen molar-refractivity contribution in [1.82, 2.24) is 14.7 Å². The van der Waals surface area contributed by atoms with Crippen LogP contribution in [-0.4, -0.2) is 86.4 Å². The Morgan fingerprint density at radius 3 is 2.49 bits per heavy atom. The van der Waals surface area contributed by atoms with Crippen LogP contribution >= 0.6 is 11.8 Å². The van der Waals surface area contributed by atoms with Crippen molar-refractivity contribution in [3.05, 3.63) is 60.2 Å². The van der Waals surface area contributed by atoms with E-state index in [1.54, 1.807) is 16.7 Å². The quantitative estimate of drug-likeness (QED) is 0.398. The van der Waals surface area contributed by atoms with E-state index in [2.05, 4.69) is 19.1 Å². The maximum Gasteiger partial charge on any atom is 0.247 e. The topological polar surface area (TPSA) is 81.2 Å². The Labute approximate surface area is 223 Å². The number of likely N-dealkylation sites (tertiary alicyclic amines) is 1. The number of aliphatic hydroxyl groups excluding tert-OH is 1. The van der Waals surface area contributed by atoms with E-state index in [4.69, 9.17) is 0 Å². The Morgan fingerprint density at radius 2 is 1.73 bits per heavy atom. The summed E-state index contributed by atoms with van der Waals surface area (Å²) >= 11 is 1.63. The highest BCUT2D eigenvalue weighted by atomic mass is 32.2. The minimum absolute atomic E-state index is 0.00882. The van der Waals surface area contributed by atoms with Gasteiger partial charge < -0.3 is 19.8 Å². The minimum atomic E-state index is -0.764. The molecule has 5 atom stereocenters. The Hall–Kier alpha value is -2.58. The average molecular weight is 524 g/mol. The Kier molecular flexibility index (Phi) is 7.77. The summed E-state index contributed by atoms with van der Waals surface area (Å²) in [6.45, 7) is 4.77. The molecule has 0 aromatic heterocycles. The number of carbonyl (C=O) groups excluding carboxylic acids is 3. The molecule has 7 nitrogen and oxygen atoms in total. The largest absolute Gasteiger partial charge is 0.396 e.